The summed E-state index contributed by atoms with van der Waals surface area (Å²) >= 11 is 1.85. The molecule has 0 fully saturated rings. The molecule has 0 radical (unpaired) electrons. The van der Waals surface area contributed by atoms with Gasteiger partial charge in [-0.3, -0.25) is 9.13 Å². The molecular weight excluding hydrogens is 675 g/mol. The van der Waals surface area contributed by atoms with Crippen molar-refractivity contribution in [3.63, 3.8) is 0 Å². The van der Waals surface area contributed by atoms with Crippen molar-refractivity contribution in [3.05, 3.63) is 200 Å². The van der Waals surface area contributed by atoms with Crippen LogP contribution in [0.15, 0.2) is 200 Å². The van der Waals surface area contributed by atoms with Gasteiger partial charge in [0.2, 0.25) is 0 Å². The first-order valence-corrected chi connectivity index (χ1v) is 19.2. The maximum absolute atomic E-state index is 2.47. The second kappa shape index (κ2) is 12.4. The third kappa shape index (κ3) is 4.74. The van der Waals surface area contributed by atoms with Crippen LogP contribution in [0, 0.1) is 0 Å². The minimum atomic E-state index is 1.11. The fraction of sp³-hybridized carbons (Fsp3) is 0. The molecular formula is C50H33N3S. The Morgan fingerprint density at radius 3 is 1.72 bits per heavy atom. The summed E-state index contributed by atoms with van der Waals surface area (Å²) in [4.78, 5) is 2.37. The van der Waals surface area contributed by atoms with Crippen molar-refractivity contribution >= 4 is 81.4 Å². The molecule has 254 valence electrons. The van der Waals surface area contributed by atoms with Crippen LogP contribution in [0.1, 0.15) is 0 Å². The molecule has 0 amide bonds. The van der Waals surface area contributed by atoms with E-state index in [4.69, 9.17) is 0 Å². The van der Waals surface area contributed by atoms with Gasteiger partial charge < -0.3 is 4.90 Å². The quantitative estimate of drug-likeness (QED) is 0.168. The van der Waals surface area contributed by atoms with Crippen LogP contribution in [-0.4, -0.2) is 9.13 Å². The van der Waals surface area contributed by atoms with Crippen LogP contribution in [-0.2, 0) is 0 Å². The zero-order valence-corrected chi connectivity index (χ0v) is 30.1. The lowest BCUT2D eigenvalue weighted by Gasteiger charge is -2.26. The molecule has 0 saturated carbocycles. The number of nitrogens with zero attached hydrogens (tertiary/aromatic N) is 3. The highest BCUT2D eigenvalue weighted by Crippen LogP contribution is 2.45. The number of thiophene rings is 1. The van der Waals surface area contributed by atoms with Gasteiger partial charge in [-0.25, -0.2) is 0 Å². The van der Waals surface area contributed by atoms with Crippen LogP contribution in [0.3, 0.4) is 0 Å². The van der Waals surface area contributed by atoms with E-state index in [1.807, 2.05) is 11.3 Å². The molecule has 3 aromatic heterocycles. The number of benzene rings is 8. The maximum Gasteiger partial charge on any atom is 0.131 e. The number of hydrogen-bond donors (Lipinski definition) is 0. The number of para-hydroxylation sites is 5. The summed E-state index contributed by atoms with van der Waals surface area (Å²) in [5.74, 6) is 0. The van der Waals surface area contributed by atoms with Crippen molar-refractivity contribution < 1.29 is 0 Å². The summed E-state index contributed by atoms with van der Waals surface area (Å²) in [5.41, 5.74) is 11.6. The predicted molar refractivity (Wildman–Crippen MR) is 231 cm³/mol. The van der Waals surface area contributed by atoms with Gasteiger partial charge in [0.25, 0.3) is 0 Å². The lowest BCUT2D eigenvalue weighted by atomic mass is 10.0. The molecule has 0 bridgehead atoms. The number of anilines is 3. The molecule has 0 aliphatic rings. The Hall–Kier alpha value is -6.88. The first-order chi connectivity index (χ1) is 26.8. The number of aromatic nitrogens is 2. The van der Waals surface area contributed by atoms with Crippen molar-refractivity contribution in [2.45, 2.75) is 0 Å². The smallest absolute Gasteiger partial charge is 0.131 e. The molecule has 8 aromatic carbocycles. The van der Waals surface area contributed by atoms with E-state index < -0.39 is 0 Å². The molecule has 3 nitrogen and oxygen atoms in total. The van der Waals surface area contributed by atoms with Crippen LogP contribution < -0.4 is 4.90 Å². The average Bonchev–Trinajstić information content (AvgIpc) is 3.90. The van der Waals surface area contributed by atoms with Crippen molar-refractivity contribution in [2.75, 3.05) is 4.90 Å². The van der Waals surface area contributed by atoms with Gasteiger partial charge in [0, 0.05) is 70.3 Å². The highest BCUT2D eigenvalue weighted by Gasteiger charge is 2.24. The van der Waals surface area contributed by atoms with E-state index in [9.17, 15) is 0 Å². The highest BCUT2D eigenvalue weighted by atomic mass is 32.1. The Kier molecular flexibility index (Phi) is 7.04. The molecule has 0 spiro atoms. The minimum Gasteiger partial charge on any atom is -0.310 e. The average molecular weight is 708 g/mol. The summed E-state index contributed by atoms with van der Waals surface area (Å²) in [6, 6.07) is 72.5. The molecule has 0 aliphatic heterocycles. The van der Waals surface area contributed by atoms with Gasteiger partial charge in [0.15, 0.2) is 0 Å². The first kappa shape index (κ1) is 30.7. The summed E-state index contributed by atoms with van der Waals surface area (Å²) in [6.45, 7) is 0. The number of hydrogen-bond acceptors (Lipinski definition) is 2. The van der Waals surface area contributed by atoms with Gasteiger partial charge in [0.05, 0.1) is 11.0 Å². The second-order valence-electron chi connectivity index (χ2n) is 13.8. The van der Waals surface area contributed by atoms with E-state index >= 15 is 0 Å². The van der Waals surface area contributed by atoms with Crippen molar-refractivity contribution in [1.82, 2.24) is 9.13 Å². The van der Waals surface area contributed by atoms with E-state index in [2.05, 4.69) is 214 Å². The largest absolute Gasteiger partial charge is 0.310 e. The summed E-state index contributed by atoms with van der Waals surface area (Å²) < 4.78 is 7.52. The van der Waals surface area contributed by atoms with Gasteiger partial charge in [-0.15, -0.1) is 11.3 Å². The molecule has 54 heavy (non-hydrogen) atoms. The second-order valence-corrected chi connectivity index (χ2v) is 14.8. The normalized spacial score (nSPS) is 11.7. The molecule has 0 unspecified atom stereocenters. The zero-order valence-electron chi connectivity index (χ0n) is 29.3. The number of fused-ring (bicyclic) bond motifs is 8. The van der Waals surface area contributed by atoms with Crippen molar-refractivity contribution in [2.24, 2.45) is 0 Å². The Bertz CT molecular complexity index is 3140. The maximum atomic E-state index is 2.47. The fourth-order valence-corrected chi connectivity index (χ4v) is 9.45. The molecule has 11 rings (SSSR count). The van der Waals surface area contributed by atoms with Crippen LogP contribution in [0.4, 0.5) is 17.1 Å². The van der Waals surface area contributed by atoms with Crippen molar-refractivity contribution in [3.8, 4) is 22.5 Å². The van der Waals surface area contributed by atoms with E-state index in [1.165, 1.54) is 64.1 Å². The zero-order chi connectivity index (χ0) is 35.6. The molecule has 4 heteroatoms. The summed E-state index contributed by atoms with van der Waals surface area (Å²) in [7, 11) is 0. The predicted octanol–water partition coefficient (Wildman–Crippen LogP) is 14.2. The molecule has 3 heterocycles. The fourth-order valence-electron chi connectivity index (χ4n) is 8.36. The van der Waals surface area contributed by atoms with E-state index in [1.54, 1.807) is 0 Å². The minimum absolute atomic E-state index is 1.11. The van der Waals surface area contributed by atoms with Gasteiger partial charge in [-0.05, 0) is 84.4 Å². The van der Waals surface area contributed by atoms with Crippen LogP contribution >= 0.6 is 11.3 Å². The lowest BCUT2D eigenvalue weighted by Crippen LogP contribution is -2.09. The van der Waals surface area contributed by atoms with Crippen LogP contribution in [0.5, 0.6) is 0 Å². The van der Waals surface area contributed by atoms with Gasteiger partial charge in [0.1, 0.15) is 5.65 Å². The monoisotopic (exact) mass is 707 g/mol. The summed E-state index contributed by atoms with van der Waals surface area (Å²) in [6.07, 6.45) is 0. The Morgan fingerprint density at radius 1 is 0.389 bits per heavy atom. The molecule has 0 saturated heterocycles. The third-order valence-electron chi connectivity index (χ3n) is 10.7. The topological polar surface area (TPSA) is 13.1 Å². The molecule has 11 aromatic rings. The number of rotatable bonds is 6. The first-order valence-electron chi connectivity index (χ1n) is 18.4. The van der Waals surface area contributed by atoms with Gasteiger partial charge in [-0.1, -0.05) is 121 Å². The van der Waals surface area contributed by atoms with Gasteiger partial charge >= 0.3 is 0 Å². The molecule has 0 aliphatic carbocycles. The molecule has 0 atom stereocenters. The summed E-state index contributed by atoms with van der Waals surface area (Å²) in [5, 5.41) is 6.34. The Labute approximate surface area is 316 Å². The van der Waals surface area contributed by atoms with Gasteiger partial charge in [-0.2, -0.15) is 0 Å². The lowest BCUT2D eigenvalue weighted by molar-refractivity contribution is 1.07. The van der Waals surface area contributed by atoms with E-state index in [0.717, 1.165) is 28.4 Å². The van der Waals surface area contributed by atoms with Crippen molar-refractivity contribution in [1.29, 1.82) is 0 Å². The third-order valence-corrected chi connectivity index (χ3v) is 11.8. The Morgan fingerprint density at radius 2 is 0.963 bits per heavy atom. The highest BCUT2D eigenvalue weighted by molar-refractivity contribution is 7.25. The SMILES string of the molecule is c1ccc(N(c2ccc(-c3cccc4c5c6ccccc6n(-c6ccccc6)c5n(-c5ccccc5)c34)cc2)c2ccc3sc4ccccc4c3c2)cc1. The van der Waals surface area contributed by atoms with Crippen LogP contribution in [0.25, 0.3) is 75.5 Å². The molecule has 0 N–H and O–H groups in total. The van der Waals surface area contributed by atoms with E-state index in [-0.39, 0.29) is 0 Å². The standard InChI is InChI=1S/C50H33N3S/c1-4-15-35(16-5-1)51(39-31-32-47-44(33-39)41-21-11-13-26-46(41)54-47)38-29-27-34(28-30-38)40-23-14-24-43-48-42-22-10-12-25-45(42)52(36-17-6-2-7-18-36)50(48)53(49(40)43)37-19-8-3-9-20-37/h1-33H. The van der Waals surface area contributed by atoms with Crippen LogP contribution in [0.2, 0.25) is 0 Å². The Balaban J connectivity index is 1.13. The van der Waals surface area contributed by atoms with E-state index in [0.29, 0.717) is 0 Å².